The van der Waals surface area contributed by atoms with Crippen LogP contribution in [0.2, 0.25) is 10.0 Å². The van der Waals surface area contributed by atoms with Crippen LogP contribution in [-0.4, -0.2) is 31.5 Å². The van der Waals surface area contributed by atoms with E-state index < -0.39 is 9.84 Å². The van der Waals surface area contributed by atoms with Gasteiger partial charge in [0.2, 0.25) is 5.91 Å². The molecule has 8 heteroatoms. The first-order valence-electron chi connectivity index (χ1n) is 6.76. The van der Waals surface area contributed by atoms with E-state index in [9.17, 15) is 13.2 Å². The monoisotopic (exact) mass is 362 g/mol. The van der Waals surface area contributed by atoms with Crippen molar-refractivity contribution >= 4 is 44.7 Å². The molecule has 22 heavy (non-hydrogen) atoms. The van der Waals surface area contributed by atoms with Gasteiger partial charge in [0.1, 0.15) is 0 Å². The van der Waals surface area contributed by atoms with Crippen LogP contribution in [0, 0.1) is 5.92 Å². The number of hydrogen-bond acceptors (Lipinski definition) is 4. The van der Waals surface area contributed by atoms with Crippen molar-refractivity contribution in [2.24, 2.45) is 11.0 Å². The van der Waals surface area contributed by atoms with E-state index in [4.69, 9.17) is 23.2 Å². The molecule has 2 rings (SSSR count). The topological polar surface area (TPSA) is 75.6 Å². The van der Waals surface area contributed by atoms with Crippen molar-refractivity contribution in [1.82, 2.24) is 5.43 Å². The number of amides is 1. The van der Waals surface area contributed by atoms with Crippen molar-refractivity contribution in [3.05, 3.63) is 33.8 Å². The molecule has 1 aromatic carbocycles. The molecular weight excluding hydrogens is 347 g/mol. The maximum Gasteiger partial charge on any atom is 0.240 e. The first-order valence-corrected chi connectivity index (χ1v) is 9.33. The van der Waals surface area contributed by atoms with Crippen LogP contribution in [0.1, 0.15) is 25.3 Å². The Morgan fingerprint density at radius 1 is 1.41 bits per heavy atom. The second-order valence-corrected chi connectivity index (χ2v) is 8.40. The minimum atomic E-state index is -2.97. The molecule has 1 atom stereocenters. The molecule has 1 N–H and O–H groups in total. The molecule has 1 heterocycles. The van der Waals surface area contributed by atoms with Gasteiger partial charge in [-0.3, -0.25) is 4.79 Å². The number of carbonyl (C=O) groups is 1. The van der Waals surface area contributed by atoms with E-state index in [0.717, 1.165) is 0 Å². The summed E-state index contributed by atoms with van der Waals surface area (Å²) in [5, 5.41) is 5.01. The zero-order valence-corrected chi connectivity index (χ0v) is 14.3. The van der Waals surface area contributed by atoms with Gasteiger partial charge in [0, 0.05) is 22.0 Å². The molecule has 0 radical (unpaired) electrons. The Balaban J connectivity index is 1.96. The second kappa shape index (κ2) is 6.98. The van der Waals surface area contributed by atoms with Crippen LogP contribution in [0.3, 0.4) is 0 Å². The summed E-state index contributed by atoms with van der Waals surface area (Å²) in [6.45, 7) is 1.71. The lowest BCUT2D eigenvalue weighted by Crippen LogP contribution is -2.22. The van der Waals surface area contributed by atoms with E-state index in [-0.39, 0.29) is 29.8 Å². The van der Waals surface area contributed by atoms with Crippen molar-refractivity contribution in [2.45, 2.75) is 19.8 Å². The number of hydrogen-bond donors (Lipinski definition) is 1. The molecule has 0 spiro atoms. The Labute approximate surface area is 139 Å². The summed E-state index contributed by atoms with van der Waals surface area (Å²) in [6.07, 6.45) is 0.678. The molecule has 0 aliphatic carbocycles. The van der Waals surface area contributed by atoms with E-state index in [1.54, 1.807) is 25.1 Å². The number of carbonyl (C=O) groups excluding carboxylic acids is 1. The van der Waals surface area contributed by atoms with E-state index in [2.05, 4.69) is 10.5 Å². The predicted molar refractivity (Wildman–Crippen MR) is 88.2 cm³/mol. The summed E-state index contributed by atoms with van der Waals surface area (Å²) >= 11 is 12.0. The van der Waals surface area contributed by atoms with Gasteiger partial charge in [-0.25, -0.2) is 13.8 Å². The Hall–Kier alpha value is -1.11. The zero-order chi connectivity index (χ0) is 16.3. The number of halogens is 2. The molecule has 0 bridgehead atoms. The highest BCUT2D eigenvalue weighted by Gasteiger charge is 2.29. The number of sulfone groups is 1. The maximum atomic E-state index is 11.8. The summed E-state index contributed by atoms with van der Waals surface area (Å²) < 4.78 is 22.7. The number of rotatable bonds is 4. The van der Waals surface area contributed by atoms with Crippen molar-refractivity contribution in [1.29, 1.82) is 0 Å². The van der Waals surface area contributed by atoms with Crippen molar-refractivity contribution in [3.8, 4) is 0 Å². The Bertz CT molecular complexity index is 717. The minimum Gasteiger partial charge on any atom is -0.273 e. The third-order valence-corrected chi connectivity index (χ3v) is 5.87. The quantitative estimate of drug-likeness (QED) is 0.660. The first-order chi connectivity index (χ1) is 10.3. The molecule has 1 aliphatic heterocycles. The van der Waals surface area contributed by atoms with Gasteiger partial charge in [-0.2, -0.15) is 5.10 Å². The predicted octanol–water partition coefficient (Wildman–Crippen LogP) is 2.66. The largest absolute Gasteiger partial charge is 0.273 e. The van der Waals surface area contributed by atoms with Gasteiger partial charge in [0.05, 0.1) is 17.2 Å². The second-order valence-electron chi connectivity index (χ2n) is 5.33. The van der Waals surface area contributed by atoms with Crippen molar-refractivity contribution < 1.29 is 13.2 Å². The van der Waals surface area contributed by atoms with Crippen LogP contribution < -0.4 is 5.43 Å². The summed E-state index contributed by atoms with van der Waals surface area (Å²) in [4.78, 5) is 11.8. The van der Waals surface area contributed by atoms with Crippen LogP contribution in [0.5, 0.6) is 0 Å². The van der Waals surface area contributed by atoms with Crippen molar-refractivity contribution in [3.63, 3.8) is 0 Å². The van der Waals surface area contributed by atoms with Crippen LogP contribution in [0.4, 0.5) is 0 Å². The zero-order valence-electron chi connectivity index (χ0n) is 12.0. The van der Waals surface area contributed by atoms with E-state index >= 15 is 0 Å². The number of hydrazone groups is 1. The van der Waals surface area contributed by atoms with Gasteiger partial charge in [-0.05, 0) is 37.5 Å². The molecule has 1 aromatic rings. The summed E-state index contributed by atoms with van der Waals surface area (Å²) in [5.74, 6) is -0.205. The molecular formula is C14H16Cl2N2O3S. The fourth-order valence-electron chi connectivity index (χ4n) is 2.32. The highest BCUT2D eigenvalue weighted by Crippen LogP contribution is 2.22. The van der Waals surface area contributed by atoms with Gasteiger partial charge < -0.3 is 0 Å². The summed E-state index contributed by atoms with van der Waals surface area (Å²) in [7, 11) is -2.97. The smallest absolute Gasteiger partial charge is 0.240 e. The Morgan fingerprint density at radius 2 is 2.14 bits per heavy atom. The van der Waals surface area contributed by atoms with Crippen LogP contribution in [-0.2, 0) is 14.6 Å². The lowest BCUT2D eigenvalue weighted by molar-refractivity contribution is -0.121. The standard InChI is InChI=1S/C14H16Cl2N2O3S/c1-9(12-7-11(15)2-3-13(12)16)17-18-14(19)6-10-4-5-22(20,21)8-10/h2-3,7,10H,4-6,8H2,1H3,(H,18,19)/b17-9-/t10-/m0/s1. The molecule has 1 amide bonds. The molecule has 5 nitrogen and oxygen atoms in total. The highest BCUT2D eigenvalue weighted by molar-refractivity contribution is 7.91. The Morgan fingerprint density at radius 3 is 2.77 bits per heavy atom. The van der Waals surface area contributed by atoms with Crippen LogP contribution in [0.25, 0.3) is 0 Å². The average Bonchev–Trinajstić information content (AvgIpc) is 2.78. The molecule has 1 fully saturated rings. The van der Waals surface area contributed by atoms with Crippen molar-refractivity contribution in [2.75, 3.05) is 11.5 Å². The lowest BCUT2D eigenvalue weighted by atomic mass is 10.1. The van der Waals surface area contributed by atoms with Gasteiger partial charge in [0.15, 0.2) is 9.84 Å². The lowest BCUT2D eigenvalue weighted by Gasteiger charge is -2.07. The molecule has 120 valence electrons. The molecule has 0 unspecified atom stereocenters. The summed E-state index contributed by atoms with van der Waals surface area (Å²) in [6, 6.07) is 4.99. The van der Waals surface area contributed by atoms with Gasteiger partial charge >= 0.3 is 0 Å². The van der Waals surface area contributed by atoms with Gasteiger partial charge in [0.25, 0.3) is 0 Å². The van der Waals surface area contributed by atoms with Crippen LogP contribution >= 0.6 is 23.2 Å². The third kappa shape index (κ3) is 4.69. The fourth-order valence-corrected chi connectivity index (χ4v) is 4.61. The molecule has 1 aliphatic rings. The minimum absolute atomic E-state index is 0.0727. The molecule has 0 aromatic heterocycles. The average molecular weight is 363 g/mol. The summed E-state index contributed by atoms with van der Waals surface area (Å²) in [5.41, 5.74) is 3.60. The number of benzene rings is 1. The first kappa shape index (κ1) is 17.2. The maximum absolute atomic E-state index is 11.8. The van der Waals surface area contributed by atoms with Gasteiger partial charge in [-0.1, -0.05) is 23.2 Å². The fraction of sp³-hybridized carbons (Fsp3) is 0.429. The van der Waals surface area contributed by atoms with E-state index in [0.29, 0.717) is 27.7 Å². The van der Waals surface area contributed by atoms with Gasteiger partial charge in [-0.15, -0.1) is 0 Å². The SMILES string of the molecule is C/C(=N/NC(=O)C[C@@H]1CCS(=O)(=O)C1)c1cc(Cl)ccc1Cl. The Kier molecular flexibility index (Phi) is 5.47. The molecule has 0 saturated carbocycles. The highest BCUT2D eigenvalue weighted by atomic mass is 35.5. The number of nitrogens with one attached hydrogen (secondary N) is 1. The third-order valence-electron chi connectivity index (χ3n) is 3.47. The molecule has 1 saturated heterocycles. The number of nitrogens with zero attached hydrogens (tertiary/aromatic N) is 1. The van der Waals surface area contributed by atoms with E-state index in [1.165, 1.54) is 0 Å². The van der Waals surface area contributed by atoms with E-state index in [1.807, 2.05) is 0 Å². The van der Waals surface area contributed by atoms with Crippen LogP contribution in [0.15, 0.2) is 23.3 Å². The normalized spacial score (nSPS) is 20.9.